The van der Waals surface area contributed by atoms with Gasteiger partial charge in [0.2, 0.25) is 0 Å². The van der Waals surface area contributed by atoms with Gasteiger partial charge in [0.15, 0.2) is 0 Å². The summed E-state index contributed by atoms with van der Waals surface area (Å²) >= 11 is 0. The van der Waals surface area contributed by atoms with Gasteiger partial charge in [-0.1, -0.05) is 6.07 Å². The Morgan fingerprint density at radius 2 is 2.20 bits per heavy atom. The van der Waals surface area contributed by atoms with E-state index >= 15 is 0 Å². The average molecular weight is 204 g/mol. The van der Waals surface area contributed by atoms with E-state index in [0.717, 1.165) is 11.3 Å². The Labute approximate surface area is 88.1 Å². The molecule has 0 unspecified atom stereocenters. The number of hydrogen-bond donors (Lipinski definition) is 2. The Balaban J connectivity index is 2.02. The van der Waals surface area contributed by atoms with Gasteiger partial charge in [0.1, 0.15) is 5.82 Å². The van der Waals surface area contributed by atoms with E-state index in [-0.39, 0.29) is 5.82 Å². The van der Waals surface area contributed by atoms with E-state index < -0.39 is 0 Å². The number of rotatable bonds is 3. The number of aromatic nitrogens is 1. The van der Waals surface area contributed by atoms with Gasteiger partial charge in [-0.05, 0) is 36.2 Å². The lowest BCUT2D eigenvalue weighted by atomic mass is 10.2. The predicted molar refractivity (Wildman–Crippen MR) is 59.3 cm³/mol. The highest BCUT2D eigenvalue weighted by molar-refractivity contribution is 5.45. The lowest BCUT2D eigenvalue weighted by Gasteiger charge is -2.05. The van der Waals surface area contributed by atoms with Gasteiger partial charge in [-0.2, -0.15) is 0 Å². The molecule has 0 saturated carbocycles. The summed E-state index contributed by atoms with van der Waals surface area (Å²) in [6.07, 6.45) is 3.78. The second kappa shape index (κ2) is 4.17. The summed E-state index contributed by atoms with van der Waals surface area (Å²) in [7, 11) is 0. The van der Waals surface area contributed by atoms with Crippen LogP contribution in [0.3, 0.4) is 0 Å². The number of hydrogen-bond acceptors (Lipinski definition) is 1. The van der Waals surface area contributed by atoms with Crippen LogP contribution in [0, 0.1) is 12.7 Å². The third-order valence-electron chi connectivity index (χ3n) is 2.33. The number of anilines is 1. The molecule has 15 heavy (non-hydrogen) atoms. The van der Waals surface area contributed by atoms with Gasteiger partial charge in [-0.25, -0.2) is 4.39 Å². The molecule has 1 heterocycles. The fourth-order valence-electron chi connectivity index (χ4n) is 1.38. The van der Waals surface area contributed by atoms with E-state index in [9.17, 15) is 4.39 Å². The van der Waals surface area contributed by atoms with Crippen LogP contribution in [0.5, 0.6) is 0 Å². The van der Waals surface area contributed by atoms with Gasteiger partial charge in [0.05, 0.1) is 0 Å². The van der Waals surface area contributed by atoms with Crippen molar-refractivity contribution in [3.8, 4) is 0 Å². The molecule has 2 N–H and O–H groups in total. The molecular weight excluding hydrogens is 191 g/mol. The molecule has 0 radical (unpaired) electrons. The van der Waals surface area contributed by atoms with Crippen molar-refractivity contribution >= 4 is 5.69 Å². The number of nitrogens with one attached hydrogen (secondary N) is 2. The maximum atomic E-state index is 13.2. The standard InChI is InChI=1S/C12H13FN2/c1-9-2-3-11(6-12(9)13)15-8-10-4-5-14-7-10/h2-7,14-15H,8H2,1H3. The number of H-pyrrole nitrogens is 1. The van der Waals surface area contributed by atoms with Crippen molar-refractivity contribution in [3.05, 3.63) is 53.6 Å². The number of benzene rings is 1. The Morgan fingerprint density at radius 3 is 2.87 bits per heavy atom. The number of aryl methyl sites for hydroxylation is 1. The maximum Gasteiger partial charge on any atom is 0.128 e. The summed E-state index contributed by atoms with van der Waals surface area (Å²) in [5.41, 5.74) is 2.62. The van der Waals surface area contributed by atoms with Crippen LogP contribution in [0.25, 0.3) is 0 Å². The first-order valence-corrected chi connectivity index (χ1v) is 4.87. The minimum atomic E-state index is -0.172. The molecule has 0 aliphatic carbocycles. The fourth-order valence-corrected chi connectivity index (χ4v) is 1.38. The van der Waals surface area contributed by atoms with E-state index in [1.165, 1.54) is 6.07 Å². The predicted octanol–water partition coefficient (Wildman–Crippen LogP) is 3.07. The molecule has 2 nitrogen and oxygen atoms in total. The first kappa shape index (κ1) is 9.77. The first-order valence-electron chi connectivity index (χ1n) is 4.87. The van der Waals surface area contributed by atoms with Gasteiger partial charge in [-0.15, -0.1) is 0 Å². The van der Waals surface area contributed by atoms with Crippen molar-refractivity contribution in [2.45, 2.75) is 13.5 Å². The van der Waals surface area contributed by atoms with Crippen molar-refractivity contribution in [3.63, 3.8) is 0 Å². The SMILES string of the molecule is Cc1ccc(NCc2cc[nH]c2)cc1F. The highest BCUT2D eigenvalue weighted by atomic mass is 19.1. The van der Waals surface area contributed by atoms with Gasteiger partial charge >= 0.3 is 0 Å². The topological polar surface area (TPSA) is 27.8 Å². The van der Waals surface area contributed by atoms with Crippen LogP contribution >= 0.6 is 0 Å². The number of aromatic amines is 1. The largest absolute Gasteiger partial charge is 0.381 e. The van der Waals surface area contributed by atoms with Crippen LogP contribution in [-0.2, 0) is 6.54 Å². The Bertz CT molecular complexity index is 435. The summed E-state index contributed by atoms with van der Waals surface area (Å²) in [4.78, 5) is 2.97. The van der Waals surface area contributed by atoms with Gasteiger partial charge < -0.3 is 10.3 Å². The minimum Gasteiger partial charge on any atom is -0.381 e. The molecule has 0 amide bonds. The monoisotopic (exact) mass is 204 g/mol. The molecule has 3 heteroatoms. The van der Waals surface area contributed by atoms with E-state index in [0.29, 0.717) is 12.1 Å². The number of halogens is 1. The summed E-state index contributed by atoms with van der Waals surface area (Å²) in [5.74, 6) is -0.172. The Hall–Kier alpha value is -1.77. The molecule has 0 bridgehead atoms. The highest BCUT2D eigenvalue weighted by Gasteiger charge is 1.99. The van der Waals surface area contributed by atoms with Crippen LogP contribution in [0.2, 0.25) is 0 Å². The molecule has 78 valence electrons. The highest BCUT2D eigenvalue weighted by Crippen LogP contribution is 2.14. The smallest absolute Gasteiger partial charge is 0.128 e. The summed E-state index contributed by atoms with van der Waals surface area (Å²) < 4.78 is 13.2. The molecule has 1 aromatic carbocycles. The van der Waals surface area contributed by atoms with Crippen molar-refractivity contribution in [1.82, 2.24) is 4.98 Å². The molecule has 0 atom stereocenters. The molecule has 0 aliphatic heterocycles. The quantitative estimate of drug-likeness (QED) is 0.790. The Morgan fingerprint density at radius 1 is 1.33 bits per heavy atom. The van der Waals surface area contributed by atoms with Crippen LogP contribution in [0.4, 0.5) is 10.1 Å². The van der Waals surface area contributed by atoms with Gasteiger partial charge in [0, 0.05) is 24.6 Å². The van der Waals surface area contributed by atoms with Crippen LogP contribution in [0.1, 0.15) is 11.1 Å². The van der Waals surface area contributed by atoms with Crippen molar-refractivity contribution in [2.75, 3.05) is 5.32 Å². The van der Waals surface area contributed by atoms with Crippen LogP contribution < -0.4 is 5.32 Å². The average Bonchev–Trinajstić information content (AvgIpc) is 2.73. The van der Waals surface area contributed by atoms with Crippen molar-refractivity contribution < 1.29 is 4.39 Å². The zero-order chi connectivity index (χ0) is 10.7. The van der Waals surface area contributed by atoms with Crippen molar-refractivity contribution in [1.29, 1.82) is 0 Å². The van der Waals surface area contributed by atoms with Crippen molar-refractivity contribution in [2.24, 2.45) is 0 Å². The second-order valence-electron chi connectivity index (χ2n) is 3.54. The summed E-state index contributed by atoms with van der Waals surface area (Å²) in [5, 5.41) is 3.16. The van der Waals surface area contributed by atoms with E-state index in [4.69, 9.17) is 0 Å². The fraction of sp³-hybridized carbons (Fsp3) is 0.167. The maximum absolute atomic E-state index is 13.2. The van der Waals surface area contributed by atoms with Crippen LogP contribution in [0.15, 0.2) is 36.7 Å². The molecule has 1 aromatic heterocycles. The third kappa shape index (κ3) is 2.37. The third-order valence-corrected chi connectivity index (χ3v) is 2.33. The molecule has 0 fully saturated rings. The van der Waals surface area contributed by atoms with Crippen LogP contribution in [-0.4, -0.2) is 4.98 Å². The molecular formula is C12H13FN2. The van der Waals surface area contributed by atoms with Gasteiger partial charge in [-0.3, -0.25) is 0 Å². The molecule has 2 aromatic rings. The van der Waals surface area contributed by atoms with E-state index in [2.05, 4.69) is 10.3 Å². The lowest BCUT2D eigenvalue weighted by Crippen LogP contribution is -1.98. The summed E-state index contributed by atoms with van der Waals surface area (Å²) in [6.45, 7) is 2.46. The zero-order valence-electron chi connectivity index (χ0n) is 8.55. The second-order valence-corrected chi connectivity index (χ2v) is 3.54. The van der Waals surface area contributed by atoms with E-state index in [1.54, 1.807) is 13.0 Å². The molecule has 0 spiro atoms. The lowest BCUT2D eigenvalue weighted by molar-refractivity contribution is 0.619. The molecule has 0 saturated heterocycles. The summed E-state index contributed by atoms with van der Waals surface area (Å²) in [6, 6.07) is 7.15. The first-order chi connectivity index (χ1) is 7.25. The Kier molecular flexibility index (Phi) is 2.72. The minimum absolute atomic E-state index is 0.172. The normalized spacial score (nSPS) is 10.3. The molecule has 2 rings (SSSR count). The molecule has 0 aliphatic rings. The zero-order valence-corrected chi connectivity index (χ0v) is 8.55. The van der Waals surface area contributed by atoms with Gasteiger partial charge in [0.25, 0.3) is 0 Å². The van der Waals surface area contributed by atoms with E-state index in [1.807, 2.05) is 24.5 Å².